The van der Waals surface area contributed by atoms with Crippen LogP contribution in [0.15, 0.2) is 18.2 Å². The van der Waals surface area contributed by atoms with Crippen LogP contribution in [0.5, 0.6) is 0 Å². The highest BCUT2D eigenvalue weighted by Gasteiger charge is 2.13. The van der Waals surface area contributed by atoms with Crippen LogP contribution in [0.2, 0.25) is 10.0 Å². The largest absolute Gasteiger partial charge is 0.390 e. The summed E-state index contributed by atoms with van der Waals surface area (Å²) in [5, 5.41) is 18.4. The van der Waals surface area contributed by atoms with Gasteiger partial charge in [0.25, 0.3) is 0 Å². The fraction of sp³-hybridized carbons (Fsp3) is 0.385. The lowest BCUT2D eigenvalue weighted by molar-refractivity contribution is 0.275. The molecule has 1 aromatic carbocycles. The van der Waals surface area contributed by atoms with Gasteiger partial charge in [0.2, 0.25) is 0 Å². The van der Waals surface area contributed by atoms with E-state index in [-0.39, 0.29) is 6.61 Å². The maximum absolute atomic E-state index is 9.31. The Hall–Kier alpha value is -1.10. The molecule has 19 heavy (non-hydrogen) atoms. The van der Waals surface area contributed by atoms with Crippen LogP contribution in [0.4, 0.5) is 0 Å². The van der Waals surface area contributed by atoms with Gasteiger partial charge < -0.3 is 5.11 Å². The molecule has 0 fully saturated rings. The summed E-state index contributed by atoms with van der Waals surface area (Å²) < 4.78 is 1.71. The normalized spacial score (nSPS) is 10.9. The van der Waals surface area contributed by atoms with Crippen molar-refractivity contribution in [1.82, 2.24) is 15.0 Å². The number of aromatic nitrogens is 3. The molecule has 0 aliphatic carbocycles. The van der Waals surface area contributed by atoms with E-state index in [1.54, 1.807) is 16.8 Å². The summed E-state index contributed by atoms with van der Waals surface area (Å²) in [5.41, 5.74) is 2.33. The second-order valence-corrected chi connectivity index (χ2v) is 5.07. The molecule has 0 aliphatic rings. The van der Waals surface area contributed by atoms with Crippen molar-refractivity contribution in [1.29, 1.82) is 0 Å². The fourth-order valence-electron chi connectivity index (χ4n) is 1.87. The van der Waals surface area contributed by atoms with E-state index in [1.807, 2.05) is 6.07 Å². The lowest BCUT2D eigenvalue weighted by Crippen LogP contribution is -2.04. The minimum absolute atomic E-state index is 0.111. The van der Waals surface area contributed by atoms with Gasteiger partial charge in [-0.05, 0) is 31.0 Å². The minimum atomic E-state index is -0.111. The molecule has 1 N–H and O–H groups in total. The van der Waals surface area contributed by atoms with Crippen molar-refractivity contribution in [3.05, 3.63) is 39.6 Å². The predicted molar refractivity (Wildman–Crippen MR) is 75.9 cm³/mol. The maximum Gasteiger partial charge on any atom is 0.112 e. The Kier molecular flexibility index (Phi) is 4.80. The minimum Gasteiger partial charge on any atom is -0.390 e. The van der Waals surface area contributed by atoms with E-state index >= 15 is 0 Å². The molecule has 2 aromatic rings. The van der Waals surface area contributed by atoms with E-state index in [0.29, 0.717) is 15.7 Å². The Bertz CT molecular complexity index is 569. The number of aliphatic hydroxyl groups excluding tert-OH is 1. The second-order valence-electron chi connectivity index (χ2n) is 4.25. The summed E-state index contributed by atoms with van der Waals surface area (Å²) in [6.45, 7) is 2.01. The third-order valence-corrected chi connectivity index (χ3v) is 3.65. The molecule has 0 unspecified atom stereocenters. The van der Waals surface area contributed by atoms with Crippen molar-refractivity contribution >= 4 is 23.2 Å². The Labute approximate surface area is 122 Å². The molecular formula is C13H15Cl2N3O. The molecule has 6 heteroatoms. The SMILES string of the molecule is CCCCc1c(CO)nnn1-c1ccc(Cl)c(Cl)c1. The molecule has 0 spiro atoms. The van der Waals surface area contributed by atoms with E-state index in [1.165, 1.54) is 0 Å². The lowest BCUT2D eigenvalue weighted by atomic mass is 10.1. The highest BCUT2D eigenvalue weighted by Crippen LogP contribution is 2.25. The number of rotatable bonds is 5. The summed E-state index contributed by atoms with van der Waals surface area (Å²) in [4.78, 5) is 0. The molecule has 0 saturated carbocycles. The van der Waals surface area contributed by atoms with Crippen molar-refractivity contribution in [3.8, 4) is 5.69 Å². The van der Waals surface area contributed by atoms with Gasteiger partial charge in [-0.3, -0.25) is 0 Å². The fourth-order valence-corrected chi connectivity index (χ4v) is 2.17. The van der Waals surface area contributed by atoms with E-state index in [9.17, 15) is 5.11 Å². The molecule has 0 atom stereocenters. The molecule has 0 aliphatic heterocycles. The predicted octanol–water partition coefficient (Wildman–Crippen LogP) is 3.41. The molecule has 1 heterocycles. The first kappa shape index (κ1) is 14.3. The molecule has 0 saturated heterocycles. The van der Waals surface area contributed by atoms with Crippen LogP contribution in [0, 0.1) is 0 Å². The molecule has 0 bridgehead atoms. The topological polar surface area (TPSA) is 50.9 Å². The first-order valence-electron chi connectivity index (χ1n) is 6.17. The number of hydrogen-bond acceptors (Lipinski definition) is 3. The van der Waals surface area contributed by atoms with Gasteiger partial charge in [0.1, 0.15) is 5.69 Å². The van der Waals surface area contributed by atoms with E-state index in [2.05, 4.69) is 17.2 Å². The van der Waals surface area contributed by atoms with Crippen LogP contribution >= 0.6 is 23.2 Å². The van der Waals surface area contributed by atoms with Gasteiger partial charge in [0.15, 0.2) is 0 Å². The number of unbranched alkanes of at least 4 members (excludes halogenated alkanes) is 1. The van der Waals surface area contributed by atoms with Gasteiger partial charge in [0, 0.05) is 0 Å². The van der Waals surface area contributed by atoms with E-state index in [0.717, 1.165) is 30.6 Å². The van der Waals surface area contributed by atoms with Crippen LogP contribution in [-0.2, 0) is 13.0 Å². The molecule has 4 nitrogen and oxygen atoms in total. The average Bonchev–Trinajstić information content (AvgIpc) is 2.82. The van der Waals surface area contributed by atoms with Crippen molar-refractivity contribution in [2.24, 2.45) is 0 Å². The number of benzene rings is 1. The Morgan fingerprint density at radius 1 is 1.26 bits per heavy atom. The second kappa shape index (κ2) is 6.37. The van der Waals surface area contributed by atoms with Gasteiger partial charge in [-0.1, -0.05) is 41.8 Å². The van der Waals surface area contributed by atoms with E-state index in [4.69, 9.17) is 23.2 Å². The van der Waals surface area contributed by atoms with Crippen molar-refractivity contribution in [3.63, 3.8) is 0 Å². The van der Waals surface area contributed by atoms with Crippen LogP contribution in [-0.4, -0.2) is 20.1 Å². The summed E-state index contributed by atoms with van der Waals surface area (Å²) in [6.07, 6.45) is 2.90. The Morgan fingerprint density at radius 2 is 2.05 bits per heavy atom. The number of halogens is 2. The van der Waals surface area contributed by atoms with Crippen LogP contribution in [0.3, 0.4) is 0 Å². The lowest BCUT2D eigenvalue weighted by Gasteiger charge is -2.08. The average molecular weight is 300 g/mol. The first-order valence-corrected chi connectivity index (χ1v) is 6.92. The van der Waals surface area contributed by atoms with E-state index < -0.39 is 0 Å². The highest BCUT2D eigenvalue weighted by atomic mass is 35.5. The van der Waals surface area contributed by atoms with Crippen LogP contribution in [0.25, 0.3) is 5.69 Å². The van der Waals surface area contributed by atoms with Gasteiger partial charge in [-0.2, -0.15) is 0 Å². The van der Waals surface area contributed by atoms with Gasteiger partial charge >= 0.3 is 0 Å². The third-order valence-electron chi connectivity index (χ3n) is 2.91. The standard InChI is InChI=1S/C13H15Cl2N3O/c1-2-3-4-13-12(8-19)16-17-18(13)9-5-6-10(14)11(15)7-9/h5-7,19H,2-4,8H2,1H3. The summed E-state index contributed by atoms with van der Waals surface area (Å²) >= 11 is 11.9. The number of hydrogen-bond donors (Lipinski definition) is 1. The zero-order chi connectivity index (χ0) is 13.8. The Balaban J connectivity index is 2.42. The van der Waals surface area contributed by atoms with Gasteiger partial charge in [0.05, 0.1) is 28.0 Å². The highest BCUT2D eigenvalue weighted by molar-refractivity contribution is 6.42. The first-order chi connectivity index (χ1) is 9.17. The summed E-state index contributed by atoms with van der Waals surface area (Å²) in [6, 6.07) is 5.30. The molecular weight excluding hydrogens is 285 g/mol. The van der Waals surface area contributed by atoms with Crippen molar-refractivity contribution in [2.75, 3.05) is 0 Å². The Morgan fingerprint density at radius 3 is 2.68 bits per heavy atom. The monoisotopic (exact) mass is 299 g/mol. The molecule has 102 valence electrons. The zero-order valence-electron chi connectivity index (χ0n) is 10.6. The van der Waals surface area contributed by atoms with Gasteiger partial charge in [-0.15, -0.1) is 5.10 Å². The zero-order valence-corrected chi connectivity index (χ0v) is 12.1. The molecule has 0 amide bonds. The number of aliphatic hydroxyl groups is 1. The molecule has 0 radical (unpaired) electrons. The van der Waals surface area contributed by atoms with Gasteiger partial charge in [-0.25, -0.2) is 4.68 Å². The number of nitrogens with zero attached hydrogens (tertiary/aromatic N) is 3. The maximum atomic E-state index is 9.31. The van der Waals surface area contributed by atoms with Crippen LogP contribution in [0.1, 0.15) is 31.2 Å². The molecule has 1 aromatic heterocycles. The van der Waals surface area contributed by atoms with Crippen molar-refractivity contribution in [2.45, 2.75) is 32.8 Å². The van der Waals surface area contributed by atoms with Crippen molar-refractivity contribution < 1.29 is 5.11 Å². The quantitative estimate of drug-likeness (QED) is 0.920. The third kappa shape index (κ3) is 3.08. The molecule has 2 rings (SSSR count). The van der Waals surface area contributed by atoms with Crippen LogP contribution < -0.4 is 0 Å². The summed E-state index contributed by atoms with van der Waals surface area (Å²) in [5.74, 6) is 0. The smallest absolute Gasteiger partial charge is 0.112 e. The summed E-state index contributed by atoms with van der Waals surface area (Å²) in [7, 11) is 0.